The van der Waals surface area contributed by atoms with E-state index in [4.69, 9.17) is 9.47 Å². The van der Waals surface area contributed by atoms with Crippen LogP contribution in [0.1, 0.15) is 30.1 Å². The van der Waals surface area contributed by atoms with Crippen molar-refractivity contribution in [3.05, 3.63) is 65.7 Å². The number of rotatable bonds is 9. The number of ether oxygens (including phenoxy) is 2. The van der Waals surface area contributed by atoms with Gasteiger partial charge in [-0.1, -0.05) is 42.5 Å². The first-order chi connectivity index (χ1) is 13.7. The Kier molecular flexibility index (Phi) is 7.88. The highest BCUT2D eigenvalue weighted by atomic mass is 16.5. The maximum absolute atomic E-state index is 12.1. The van der Waals surface area contributed by atoms with Crippen LogP contribution in [-0.2, 0) is 16.0 Å². The summed E-state index contributed by atoms with van der Waals surface area (Å²) in [6.07, 6.45) is 2.36. The van der Waals surface area contributed by atoms with Gasteiger partial charge < -0.3 is 14.8 Å². The van der Waals surface area contributed by atoms with Gasteiger partial charge >= 0.3 is 0 Å². The molecule has 150 valence electrons. The van der Waals surface area contributed by atoms with Gasteiger partial charge in [-0.2, -0.15) is 0 Å². The third-order valence-electron chi connectivity index (χ3n) is 5.10. The molecule has 0 aliphatic carbocycles. The van der Waals surface area contributed by atoms with Crippen LogP contribution in [0.5, 0.6) is 5.75 Å². The summed E-state index contributed by atoms with van der Waals surface area (Å²) >= 11 is 0. The minimum atomic E-state index is 0.111. The van der Waals surface area contributed by atoms with Crippen molar-refractivity contribution in [2.75, 3.05) is 39.9 Å². The molecule has 1 heterocycles. The van der Waals surface area contributed by atoms with Crippen molar-refractivity contribution in [1.29, 1.82) is 0 Å². The van der Waals surface area contributed by atoms with Crippen molar-refractivity contribution >= 4 is 5.91 Å². The van der Waals surface area contributed by atoms with Crippen LogP contribution >= 0.6 is 0 Å². The van der Waals surface area contributed by atoms with Gasteiger partial charge in [0.05, 0.1) is 19.8 Å². The number of carbonyl (C=O) groups is 1. The van der Waals surface area contributed by atoms with E-state index in [-0.39, 0.29) is 12.0 Å². The lowest BCUT2D eigenvalue weighted by molar-refractivity contribution is -0.121. The Labute approximate surface area is 167 Å². The molecule has 1 saturated heterocycles. The molecule has 0 aromatic heterocycles. The minimum Gasteiger partial charge on any atom is -0.497 e. The third-order valence-corrected chi connectivity index (χ3v) is 5.10. The Morgan fingerprint density at radius 1 is 1.18 bits per heavy atom. The molecule has 1 aliphatic heterocycles. The van der Waals surface area contributed by atoms with E-state index in [1.54, 1.807) is 7.11 Å². The summed E-state index contributed by atoms with van der Waals surface area (Å²) in [5.74, 6) is 0.950. The first-order valence-corrected chi connectivity index (χ1v) is 10.0. The SMILES string of the molecule is COc1ccc(CCC(=O)NCCCN2CCO[C@@H](c3ccccc3)C2)cc1. The number of nitrogens with one attached hydrogen (secondary N) is 1. The van der Waals surface area contributed by atoms with E-state index >= 15 is 0 Å². The van der Waals surface area contributed by atoms with E-state index in [1.165, 1.54) is 5.56 Å². The molecule has 1 N–H and O–H groups in total. The Morgan fingerprint density at radius 2 is 1.96 bits per heavy atom. The monoisotopic (exact) mass is 382 g/mol. The number of morpholine rings is 1. The van der Waals surface area contributed by atoms with Crippen LogP contribution < -0.4 is 10.1 Å². The quantitative estimate of drug-likeness (QED) is 0.677. The van der Waals surface area contributed by atoms with Gasteiger partial charge in [-0.05, 0) is 36.1 Å². The zero-order valence-electron chi connectivity index (χ0n) is 16.6. The molecule has 0 saturated carbocycles. The van der Waals surface area contributed by atoms with E-state index < -0.39 is 0 Å². The van der Waals surface area contributed by atoms with Gasteiger partial charge in [-0.3, -0.25) is 9.69 Å². The normalized spacial score (nSPS) is 17.2. The molecule has 1 aliphatic rings. The Balaban J connectivity index is 1.31. The van der Waals surface area contributed by atoms with E-state index in [0.717, 1.165) is 56.9 Å². The fourth-order valence-corrected chi connectivity index (χ4v) is 3.44. The van der Waals surface area contributed by atoms with Crippen LogP contribution in [-0.4, -0.2) is 50.7 Å². The van der Waals surface area contributed by atoms with Crippen molar-refractivity contribution < 1.29 is 14.3 Å². The fraction of sp³-hybridized carbons (Fsp3) is 0.435. The molecule has 0 spiro atoms. The van der Waals surface area contributed by atoms with Gasteiger partial charge in [-0.15, -0.1) is 0 Å². The van der Waals surface area contributed by atoms with Crippen LogP contribution in [0.25, 0.3) is 0 Å². The third kappa shape index (κ3) is 6.36. The van der Waals surface area contributed by atoms with Crippen LogP contribution in [0.4, 0.5) is 0 Å². The summed E-state index contributed by atoms with van der Waals surface area (Å²) < 4.78 is 11.1. The molecule has 1 fully saturated rings. The van der Waals surface area contributed by atoms with E-state index in [1.807, 2.05) is 30.3 Å². The summed E-state index contributed by atoms with van der Waals surface area (Å²) in [6, 6.07) is 18.3. The zero-order valence-corrected chi connectivity index (χ0v) is 16.6. The standard InChI is InChI=1S/C23H30N2O3/c1-27-21-11-8-19(9-12-21)10-13-23(26)24-14-5-15-25-16-17-28-22(18-25)20-6-3-2-4-7-20/h2-4,6-9,11-12,22H,5,10,13-18H2,1H3,(H,24,26)/t22-/m1/s1. The number of hydrogen-bond donors (Lipinski definition) is 1. The first kappa shape index (κ1) is 20.4. The predicted octanol–water partition coefficient (Wildman–Crippen LogP) is 3.21. The molecule has 0 unspecified atom stereocenters. The second-order valence-electron chi connectivity index (χ2n) is 7.12. The summed E-state index contributed by atoms with van der Waals surface area (Å²) in [5, 5.41) is 3.04. The van der Waals surface area contributed by atoms with Gasteiger partial charge in [0.2, 0.25) is 5.91 Å². The van der Waals surface area contributed by atoms with Crippen molar-refractivity contribution in [2.24, 2.45) is 0 Å². The molecule has 1 atom stereocenters. The number of amides is 1. The van der Waals surface area contributed by atoms with Crippen molar-refractivity contribution in [1.82, 2.24) is 10.2 Å². The summed E-state index contributed by atoms with van der Waals surface area (Å²) in [7, 11) is 1.65. The van der Waals surface area contributed by atoms with Gasteiger partial charge in [0.15, 0.2) is 0 Å². The smallest absolute Gasteiger partial charge is 0.220 e. The van der Waals surface area contributed by atoms with Crippen molar-refractivity contribution in [3.63, 3.8) is 0 Å². The number of aryl methyl sites for hydroxylation is 1. The van der Waals surface area contributed by atoms with E-state index in [2.05, 4.69) is 34.5 Å². The highest BCUT2D eigenvalue weighted by Gasteiger charge is 2.21. The largest absolute Gasteiger partial charge is 0.497 e. The molecular weight excluding hydrogens is 352 g/mol. The number of benzene rings is 2. The summed E-state index contributed by atoms with van der Waals surface area (Å²) in [4.78, 5) is 14.5. The fourth-order valence-electron chi connectivity index (χ4n) is 3.44. The molecule has 0 radical (unpaired) electrons. The van der Waals surface area contributed by atoms with Gasteiger partial charge in [0.25, 0.3) is 0 Å². The molecule has 5 nitrogen and oxygen atoms in total. The second-order valence-corrected chi connectivity index (χ2v) is 7.12. The number of methoxy groups -OCH3 is 1. The highest BCUT2D eigenvalue weighted by Crippen LogP contribution is 2.21. The molecule has 5 heteroatoms. The van der Waals surface area contributed by atoms with Crippen LogP contribution in [0, 0.1) is 0 Å². The predicted molar refractivity (Wildman–Crippen MR) is 111 cm³/mol. The van der Waals surface area contributed by atoms with Crippen LogP contribution in [0.15, 0.2) is 54.6 Å². The molecule has 2 aromatic carbocycles. The molecule has 0 bridgehead atoms. The van der Waals surface area contributed by atoms with Crippen LogP contribution in [0.2, 0.25) is 0 Å². The van der Waals surface area contributed by atoms with Gasteiger partial charge in [-0.25, -0.2) is 0 Å². The Hall–Kier alpha value is -2.37. The topological polar surface area (TPSA) is 50.8 Å². The average Bonchev–Trinajstić information content (AvgIpc) is 2.76. The highest BCUT2D eigenvalue weighted by molar-refractivity contribution is 5.76. The number of hydrogen-bond acceptors (Lipinski definition) is 4. The number of nitrogens with zero attached hydrogens (tertiary/aromatic N) is 1. The van der Waals surface area contributed by atoms with Gasteiger partial charge in [0.1, 0.15) is 5.75 Å². The van der Waals surface area contributed by atoms with E-state index in [9.17, 15) is 4.79 Å². The molecule has 28 heavy (non-hydrogen) atoms. The summed E-state index contributed by atoms with van der Waals surface area (Å²) in [6.45, 7) is 4.32. The lowest BCUT2D eigenvalue weighted by Crippen LogP contribution is -2.39. The van der Waals surface area contributed by atoms with Crippen LogP contribution in [0.3, 0.4) is 0 Å². The second kappa shape index (κ2) is 10.8. The van der Waals surface area contributed by atoms with Crippen molar-refractivity contribution in [2.45, 2.75) is 25.4 Å². The van der Waals surface area contributed by atoms with Gasteiger partial charge in [0, 0.05) is 32.6 Å². The molecular formula is C23H30N2O3. The average molecular weight is 383 g/mol. The summed E-state index contributed by atoms with van der Waals surface area (Å²) in [5.41, 5.74) is 2.38. The lowest BCUT2D eigenvalue weighted by Gasteiger charge is -2.33. The lowest BCUT2D eigenvalue weighted by atomic mass is 10.1. The maximum Gasteiger partial charge on any atom is 0.220 e. The molecule has 1 amide bonds. The Morgan fingerprint density at radius 3 is 2.71 bits per heavy atom. The van der Waals surface area contributed by atoms with E-state index in [0.29, 0.717) is 6.42 Å². The molecule has 2 aromatic rings. The number of carbonyl (C=O) groups excluding carboxylic acids is 1. The molecule has 3 rings (SSSR count). The van der Waals surface area contributed by atoms with Crippen molar-refractivity contribution in [3.8, 4) is 5.75 Å². The maximum atomic E-state index is 12.1. The Bertz CT molecular complexity index is 718. The minimum absolute atomic E-state index is 0.111. The first-order valence-electron chi connectivity index (χ1n) is 10.0. The zero-order chi connectivity index (χ0) is 19.6.